The predicted molar refractivity (Wildman–Crippen MR) is 297 cm³/mol. The average Bonchev–Trinajstić information content (AvgIpc) is 3.35. The minimum atomic E-state index is -0.836. The van der Waals surface area contributed by atoms with Crippen molar-refractivity contribution < 1.29 is 28.6 Å². The summed E-state index contributed by atoms with van der Waals surface area (Å²) >= 11 is 0. The fraction of sp³-hybridized carbons (Fsp3) is 0.540. The van der Waals surface area contributed by atoms with Gasteiger partial charge < -0.3 is 14.2 Å². The molecule has 0 spiro atoms. The third kappa shape index (κ3) is 53.8. The number of unbranched alkanes of at least 4 members (excludes halogenated alkanes) is 12. The van der Waals surface area contributed by atoms with E-state index in [1.54, 1.807) is 0 Å². The lowest BCUT2D eigenvalue weighted by atomic mass is 10.1. The van der Waals surface area contributed by atoms with Crippen molar-refractivity contribution in [1.29, 1.82) is 0 Å². The lowest BCUT2D eigenvalue weighted by Crippen LogP contribution is -2.30. The molecule has 0 aliphatic heterocycles. The molecule has 69 heavy (non-hydrogen) atoms. The standard InChI is InChI=1S/C63H96O6/c1-4-7-10-13-16-19-22-25-27-29-31-33-35-38-41-44-47-50-53-56-62(65)68-59-60(58-67-61(64)55-52-49-46-43-40-37-24-21-18-15-12-9-6-3)69-63(66)57-54-51-48-45-42-39-36-34-32-30-28-26-23-20-17-14-11-8-5-2/h7-12,15-21,24-28,31,33,37-38,40-41,47,50,60H,4-6,13-14,22-23,29-30,32,34-36,39,42-46,48-49,51-59H2,1-3H3/b10-7+,11-8+,12-9+,18-15+,19-16+,20-17+,24-21+,27-25+,28-26+,33-31+,40-37+,41-38+,50-47+. The fourth-order valence-electron chi connectivity index (χ4n) is 6.67. The van der Waals surface area contributed by atoms with E-state index in [4.69, 9.17) is 14.2 Å². The van der Waals surface area contributed by atoms with E-state index < -0.39 is 6.10 Å². The Labute approximate surface area is 422 Å². The largest absolute Gasteiger partial charge is 0.462 e. The molecule has 1 unspecified atom stereocenters. The van der Waals surface area contributed by atoms with Gasteiger partial charge in [-0.05, 0) is 109 Å². The van der Waals surface area contributed by atoms with Gasteiger partial charge in [0.2, 0.25) is 0 Å². The van der Waals surface area contributed by atoms with Gasteiger partial charge in [-0.3, -0.25) is 14.4 Å². The number of carbonyl (C=O) groups is 3. The third-order valence-electron chi connectivity index (χ3n) is 10.6. The third-order valence-corrected chi connectivity index (χ3v) is 10.6. The molecule has 0 aliphatic carbocycles. The Morgan fingerprint density at radius 2 is 0.623 bits per heavy atom. The molecule has 0 aromatic carbocycles. The highest BCUT2D eigenvalue weighted by Crippen LogP contribution is 2.13. The number of hydrogen-bond donors (Lipinski definition) is 0. The Hall–Kier alpha value is -4.97. The molecule has 0 fully saturated rings. The Balaban J connectivity index is 4.57. The summed E-state index contributed by atoms with van der Waals surface area (Å²) in [5.41, 5.74) is 0. The van der Waals surface area contributed by atoms with Gasteiger partial charge in [-0.15, -0.1) is 0 Å². The molecule has 0 rings (SSSR count). The molecule has 0 N–H and O–H groups in total. The number of hydrogen-bond acceptors (Lipinski definition) is 6. The van der Waals surface area contributed by atoms with Gasteiger partial charge in [-0.2, -0.15) is 0 Å². The minimum absolute atomic E-state index is 0.131. The molecule has 1 atom stereocenters. The topological polar surface area (TPSA) is 78.9 Å². The Bertz CT molecular complexity index is 1610. The Kier molecular flexibility index (Phi) is 51.6. The molecule has 6 heteroatoms. The van der Waals surface area contributed by atoms with Crippen LogP contribution in [0, 0.1) is 0 Å². The van der Waals surface area contributed by atoms with Crippen LogP contribution in [0.2, 0.25) is 0 Å². The highest BCUT2D eigenvalue weighted by atomic mass is 16.6. The summed E-state index contributed by atoms with van der Waals surface area (Å²) in [4.78, 5) is 38.0. The summed E-state index contributed by atoms with van der Waals surface area (Å²) in [6.07, 6.45) is 81.0. The zero-order chi connectivity index (χ0) is 50.0. The first-order chi connectivity index (χ1) is 34.0. The summed E-state index contributed by atoms with van der Waals surface area (Å²) in [7, 11) is 0. The normalized spacial score (nSPS) is 13.4. The van der Waals surface area contributed by atoms with Crippen molar-refractivity contribution in [2.75, 3.05) is 13.2 Å². The van der Waals surface area contributed by atoms with Gasteiger partial charge in [0.15, 0.2) is 6.10 Å². The van der Waals surface area contributed by atoms with Crippen LogP contribution in [0.15, 0.2) is 158 Å². The van der Waals surface area contributed by atoms with Crippen molar-refractivity contribution in [1.82, 2.24) is 0 Å². The van der Waals surface area contributed by atoms with Crippen LogP contribution in [0.3, 0.4) is 0 Å². The van der Waals surface area contributed by atoms with Crippen molar-refractivity contribution in [2.45, 2.75) is 207 Å². The van der Waals surface area contributed by atoms with Crippen molar-refractivity contribution in [2.24, 2.45) is 0 Å². The number of rotatable bonds is 46. The van der Waals surface area contributed by atoms with Gasteiger partial charge in [0, 0.05) is 19.3 Å². The maximum atomic E-state index is 12.8. The van der Waals surface area contributed by atoms with Crippen molar-refractivity contribution >= 4 is 17.9 Å². The molecule has 384 valence electrons. The molecule has 0 amide bonds. The number of allylic oxidation sites excluding steroid dienone is 26. The van der Waals surface area contributed by atoms with E-state index in [9.17, 15) is 14.4 Å². The van der Waals surface area contributed by atoms with Gasteiger partial charge in [-0.1, -0.05) is 230 Å². The molecule has 0 aliphatic rings. The van der Waals surface area contributed by atoms with Crippen LogP contribution < -0.4 is 0 Å². The smallest absolute Gasteiger partial charge is 0.306 e. The van der Waals surface area contributed by atoms with E-state index in [-0.39, 0.29) is 44.0 Å². The highest BCUT2D eigenvalue weighted by molar-refractivity contribution is 5.71. The minimum Gasteiger partial charge on any atom is -0.462 e. The zero-order valence-electron chi connectivity index (χ0n) is 43.8. The maximum absolute atomic E-state index is 12.8. The van der Waals surface area contributed by atoms with Crippen LogP contribution in [0.1, 0.15) is 201 Å². The molecular formula is C63H96O6. The van der Waals surface area contributed by atoms with Gasteiger partial charge >= 0.3 is 17.9 Å². The van der Waals surface area contributed by atoms with Crippen molar-refractivity contribution in [3.63, 3.8) is 0 Å². The van der Waals surface area contributed by atoms with Gasteiger partial charge in [0.25, 0.3) is 0 Å². The summed E-state index contributed by atoms with van der Waals surface area (Å²) in [6, 6.07) is 0. The molecule has 0 saturated heterocycles. The molecule has 0 saturated carbocycles. The maximum Gasteiger partial charge on any atom is 0.306 e. The van der Waals surface area contributed by atoms with E-state index >= 15 is 0 Å². The number of ether oxygens (including phenoxy) is 3. The van der Waals surface area contributed by atoms with E-state index in [0.29, 0.717) is 12.8 Å². The lowest BCUT2D eigenvalue weighted by Gasteiger charge is -2.18. The molecule has 0 heterocycles. The Morgan fingerprint density at radius 3 is 1.09 bits per heavy atom. The molecule has 6 nitrogen and oxygen atoms in total. The Morgan fingerprint density at radius 1 is 0.304 bits per heavy atom. The summed E-state index contributed by atoms with van der Waals surface area (Å²) in [5, 5.41) is 0. The molecule has 0 aromatic rings. The predicted octanol–water partition coefficient (Wildman–Crippen LogP) is 18.2. The summed E-state index contributed by atoms with van der Waals surface area (Å²) in [6.45, 7) is 6.15. The second-order valence-electron chi connectivity index (χ2n) is 17.1. The summed E-state index contributed by atoms with van der Waals surface area (Å²) in [5.74, 6) is -1.07. The molecular weight excluding hydrogens is 853 g/mol. The van der Waals surface area contributed by atoms with Crippen LogP contribution in [0.4, 0.5) is 0 Å². The average molecular weight is 949 g/mol. The number of esters is 3. The van der Waals surface area contributed by atoms with Gasteiger partial charge in [-0.25, -0.2) is 0 Å². The first-order valence-electron chi connectivity index (χ1n) is 27.0. The van der Waals surface area contributed by atoms with E-state index in [0.717, 1.165) is 116 Å². The molecule has 0 radical (unpaired) electrons. The number of carbonyl (C=O) groups excluding carboxylic acids is 3. The highest BCUT2D eigenvalue weighted by Gasteiger charge is 2.19. The van der Waals surface area contributed by atoms with Gasteiger partial charge in [0.05, 0.1) is 0 Å². The quantitative estimate of drug-likeness (QED) is 0.0199. The second kappa shape index (κ2) is 55.6. The first kappa shape index (κ1) is 64.0. The van der Waals surface area contributed by atoms with Crippen LogP contribution in [-0.4, -0.2) is 37.2 Å². The molecule has 0 aromatic heterocycles. The van der Waals surface area contributed by atoms with Crippen LogP contribution >= 0.6 is 0 Å². The first-order valence-corrected chi connectivity index (χ1v) is 27.0. The second-order valence-corrected chi connectivity index (χ2v) is 17.1. The molecule has 0 bridgehead atoms. The zero-order valence-corrected chi connectivity index (χ0v) is 43.8. The van der Waals surface area contributed by atoms with Crippen molar-refractivity contribution in [3.05, 3.63) is 158 Å². The van der Waals surface area contributed by atoms with E-state index in [1.165, 1.54) is 38.5 Å². The summed E-state index contributed by atoms with van der Waals surface area (Å²) < 4.78 is 16.7. The van der Waals surface area contributed by atoms with Crippen LogP contribution in [0.25, 0.3) is 0 Å². The van der Waals surface area contributed by atoms with Crippen LogP contribution in [-0.2, 0) is 28.6 Å². The SMILES string of the molecule is CC/C=C/C=C/C=C/C=C/CCCCCC(=O)OCC(COC(=O)CC/C=C/C/C=C/C/C=C/C/C=C/C/C=C/C/C=C/CC)OC(=O)CCCCCCCCCCC/C=C/C/C=C/C/C=C/CC. The monoisotopic (exact) mass is 949 g/mol. The van der Waals surface area contributed by atoms with Crippen molar-refractivity contribution in [3.8, 4) is 0 Å². The lowest BCUT2D eigenvalue weighted by molar-refractivity contribution is -0.166. The van der Waals surface area contributed by atoms with Crippen LogP contribution in [0.5, 0.6) is 0 Å². The van der Waals surface area contributed by atoms with E-state index in [2.05, 4.69) is 130 Å². The fourth-order valence-corrected chi connectivity index (χ4v) is 6.67. The van der Waals surface area contributed by atoms with Gasteiger partial charge in [0.1, 0.15) is 13.2 Å². The van der Waals surface area contributed by atoms with E-state index in [1.807, 2.05) is 48.6 Å².